The SMILES string of the molecule is CC(=O)OC[C@H]1[C@H]2OC(C)(C)O[C@H]2[C@H](CC(=O)OC(C)(C)C)N1Cc1ccccc1. The minimum atomic E-state index is -0.769. The zero-order valence-corrected chi connectivity index (χ0v) is 18.7. The van der Waals surface area contributed by atoms with Crippen molar-refractivity contribution in [2.75, 3.05) is 6.61 Å². The number of carbonyl (C=O) groups excluding carboxylic acids is 2. The largest absolute Gasteiger partial charge is 0.464 e. The molecule has 2 heterocycles. The number of benzene rings is 1. The summed E-state index contributed by atoms with van der Waals surface area (Å²) < 4.78 is 23.4. The maximum absolute atomic E-state index is 12.7. The highest BCUT2D eigenvalue weighted by Crippen LogP contribution is 2.42. The Balaban J connectivity index is 1.89. The van der Waals surface area contributed by atoms with Crippen LogP contribution in [0.4, 0.5) is 0 Å². The van der Waals surface area contributed by atoms with Crippen molar-refractivity contribution in [3.63, 3.8) is 0 Å². The second kappa shape index (κ2) is 8.65. The van der Waals surface area contributed by atoms with Crippen molar-refractivity contribution in [1.82, 2.24) is 4.90 Å². The first-order valence-electron chi connectivity index (χ1n) is 10.5. The second-order valence-electron chi connectivity index (χ2n) is 9.45. The molecule has 7 nitrogen and oxygen atoms in total. The van der Waals surface area contributed by atoms with E-state index in [9.17, 15) is 9.59 Å². The first kappa shape index (κ1) is 22.7. The van der Waals surface area contributed by atoms with Crippen molar-refractivity contribution in [1.29, 1.82) is 0 Å². The fourth-order valence-corrected chi connectivity index (χ4v) is 4.25. The van der Waals surface area contributed by atoms with Gasteiger partial charge >= 0.3 is 11.9 Å². The number of hydrogen-bond acceptors (Lipinski definition) is 7. The second-order valence-corrected chi connectivity index (χ2v) is 9.45. The van der Waals surface area contributed by atoms with E-state index >= 15 is 0 Å². The van der Waals surface area contributed by atoms with E-state index in [-0.39, 0.29) is 49.3 Å². The summed E-state index contributed by atoms with van der Waals surface area (Å²) in [5.41, 5.74) is 0.529. The van der Waals surface area contributed by atoms with E-state index in [0.717, 1.165) is 5.56 Å². The van der Waals surface area contributed by atoms with Gasteiger partial charge in [0.05, 0.1) is 12.5 Å². The molecule has 0 N–H and O–H groups in total. The molecular formula is C23H33NO6. The highest BCUT2D eigenvalue weighted by atomic mass is 16.8. The van der Waals surface area contributed by atoms with Crippen molar-refractivity contribution < 1.29 is 28.5 Å². The van der Waals surface area contributed by atoms with Crippen LogP contribution in [0.15, 0.2) is 30.3 Å². The number of nitrogens with zero attached hydrogens (tertiary/aromatic N) is 1. The summed E-state index contributed by atoms with van der Waals surface area (Å²) >= 11 is 0. The fourth-order valence-electron chi connectivity index (χ4n) is 4.25. The Kier molecular flexibility index (Phi) is 6.55. The lowest BCUT2D eigenvalue weighted by atomic mass is 10.1. The minimum absolute atomic E-state index is 0.168. The van der Waals surface area contributed by atoms with Gasteiger partial charge in [0.25, 0.3) is 0 Å². The smallest absolute Gasteiger partial charge is 0.308 e. The maximum Gasteiger partial charge on any atom is 0.308 e. The van der Waals surface area contributed by atoms with Crippen LogP contribution in [0.25, 0.3) is 0 Å². The molecule has 0 aliphatic carbocycles. The molecule has 30 heavy (non-hydrogen) atoms. The molecular weight excluding hydrogens is 386 g/mol. The molecule has 0 bridgehead atoms. The third-order valence-corrected chi connectivity index (χ3v) is 5.24. The van der Waals surface area contributed by atoms with Crippen molar-refractivity contribution in [3.8, 4) is 0 Å². The topological polar surface area (TPSA) is 74.3 Å². The van der Waals surface area contributed by atoms with Gasteiger partial charge < -0.3 is 18.9 Å². The normalized spacial score (nSPS) is 28.2. The van der Waals surface area contributed by atoms with Crippen LogP contribution in [0.2, 0.25) is 0 Å². The summed E-state index contributed by atoms with van der Waals surface area (Å²) in [7, 11) is 0. The van der Waals surface area contributed by atoms with Crippen LogP contribution in [-0.2, 0) is 35.1 Å². The lowest BCUT2D eigenvalue weighted by Gasteiger charge is -2.34. The predicted octanol–water partition coefficient (Wildman–Crippen LogP) is 3.05. The van der Waals surface area contributed by atoms with Crippen LogP contribution >= 0.6 is 0 Å². The third kappa shape index (κ3) is 5.59. The van der Waals surface area contributed by atoms with Crippen LogP contribution in [-0.4, -0.2) is 59.1 Å². The molecule has 1 aromatic carbocycles. The molecule has 2 aliphatic rings. The molecule has 0 unspecified atom stereocenters. The van der Waals surface area contributed by atoms with Gasteiger partial charge in [-0.15, -0.1) is 0 Å². The van der Waals surface area contributed by atoms with Crippen LogP contribution < -0.4 is 0 Å². The molecule has 2 fully saturated rings. The summed E-state index contributed by atoms with van der Waals surface area (Å²) in [6.45, 7) is 11.4. The van der Waals surface area contributed by atoms with Crippen molar-refractivity contribution >= 4 is 11.9 Å². The number of carbonyl (C=O) groups is 2. The van der Waals surface area contributed by atoms with Gasteiger partial charge in [-0.25, -0.2) is 0 Å². The minimum Gasteiger partial charge on any atom is -0.464 e. The van der Waals surface area contributed by atoms with Crippen LogP contribution in [0.3, 0.4) is 0 Å². The van der Waals surface area contributed by atoms with E-state index in [1.54, 1.807) is 0 Å². The predicted molar refractivity (Wildman–Crippen MR) is 110 cm³/mol. The van der Waals surface area contributed by atoms with Crippen molar-refractivity contribution in [3.05, 3.63) is 35.9 Å². The zero-order chi connectivity index (χ0) is 22.1. The van der Waals surface area contributed by atoms with E-state index in [2.05, 4.69) is 4.90 Å². The number of hydrogen-bond donors (Lipinski definition) is 0. The molecule has 2 saturated heterocycles. The zero-order valence-electron chi connectivity index (χ0n) is 18.7. The van der Waals surface area contributed by atoms with Crippen molar-refractivity contribution in [2.24, 2.45) is 0 Å². The first-order chi connectivity index (χ1) is 14.0. The van der Waals surface area contributed by atoms with E-state index in [1.165, 1.54) is 6.92 Å². The molecule has 166 valence electrons. The number of rotatable bonds is 6. The molecule has 7 heteroatoms. The molecule has 3 rings (SSSR count). The summed E-state index contributed by atoms with van der Waals surface area (Å²) in [4.78, 5) is 26.4. The van der Waals surface area contributed by atoms with Gasteiger partial charge in [-0.05, 0) is 40.2 Å². The van der Waals surface area contributed by atoms with Crippen LogP contribution in [0.5, 0.6) is 0 Å². The lowest BCUT2D eigenvalue weighted by molar-refractivity contribution is -0.178. The van der Waals surface area contributed by atoms with Gasteiger partial charge in [0.1, 0.15) is 24.4 Å². The fraction of sp³-hybridized carbons (Fsp3) is 0.652. The Hall–Kier alpha value is -1.96. The monoisotopic (exact) mass is 419 g/mol. The Bertz CT molecular complexity index is 757. The van der Waals surface area contributed by atoms with Crippen LogP contribution in [0.1, 0.15) is 53.5 Å². The highest BCUT2D eigenvalue weighted by molar-refractivity contribution is 5.71. The maximum atomic E-state index is 12.7. The number of likely N-dealkylation sites (tertiary alicyclic amines) is 1. The summed E-state index contributed by atoms with van der Waals surface area (Å²) in [6, 6.07) is 9.51. The third-order valence-electron chi connectivity index (χ3n) is 5.24. The summed E-state index contributed by atoms with van der Waals surface area (Å²) in [5, 5.41) is 0. The van der Waals surface area contributed by atoms with E-state index < -0.39 is 11.4 Å². The van der Waals surface area contributed by atoms with Gasteiger partial charge in [-0.1, -0.05) is 30.3 Å². The van der Waals surface area contributed by atoms with Gasteiger partial charge in [0.15, 0.2) is 5.79 Å². The van der Waals surface area contributed by atoms with E-state index in [0.29, 0.717) is 6.54 Å². The molecule has 0 amide bonds. The average molecular weight is 420 g/mol. The van der Waals surface area contributed by atoms with Gasteiger partial charge in [-0.2, -0.15) is 0 Å². The molecule has 0 radical (unpaired) electrons. The Morgan fingerprint density at radius 2 is 1.67 bits per heavy atom. The molecule has 0 aromatic heterocycles. The first-order valence-corrected chi connectivity index (χ1v) is 10.5. The quantitative estimate of drug-likeness (QED) is 0.656. The molecule has 0 spiro atoms. The Morgan fingerprint density at radius 3 is 2.23 bits per heavy atom. The summed E-state index contributed by atoms with van der Waals surface area (Å²) in [6.07, 6.45) is -0.464. The number of ether oxygens (including phenoxy) is 4. The van der Waals surface area contributed by atoms with Gasteiger partial charge in [-0.3, -0.25) is 14.5 Å². The molecule has 2 aliphatic heterocycles. The number of fused-ring (bicyclic) bond motifs is 1. The Labute approximate surface area is 178 Å². The van der Waals surface area contributed by atoms with Crippen LogP contribution in [0, 0.1) is 0 Å². The number of esters is 2. The molecule has 1 aromatic rings. The van der Waals surface area contributed by atoms with E-state index in [4.69, 9.17) is 18.9 Å². The van der Waals surface area contributed by atoms with Crippen molar-refractivity contribution in [2.45, 2.75) is 90.2 Å². The lowest BCUT2D eigenvalue weighted by Crippen LogP contribution is -2.45. The Morgan fingerprint density at radius 1 is 1.07 bits per heavy atom. The highest BCUT2D eigenvalue weighted by Gasteiger charge is 2.58. The van der Waals surface area contributed by atoms with Gasteiger partial charge in [0.2, 0.25) is 0 Å². The standard InChI is InChI=1S/C23H33NO6/c1-15(25)27-14-18-21-20(29-23(5,6)30-21)17(12-19(26)28-22(2,3)4)24(18)13-16-10-8-7-9-11-16/h7-11,17-18,20-21H,12-14H2,1-6H3/t17-,18-,20-,21+/m0/s1. The van der Waals surface area contributed by atoms with Gasteiger partial charge in [0, 0.05) is 19.5 Å². The average Bonchev–Trinajstić information content (AvgIpc) is 3.04. The molecule has 0 saturated carbocycles. The van der Waals surface area contributed by atoms with E-state index in [1.807, 2.05) is 65.0 Å². The molecule has 4 atom stereocenters. The summed E-state index contributed by atoms with van der Waals surface area (Å²) in [5.74, 6) is -1.40.